The van der Waals surface area contributed by atoms with E-state index in [4.69, 9.17) is 0 Å². The van der Waals surface area contributed by atoms with Crippen LogP contribution in [0.3, 0.4) is 0 Å². The Morgan fingerprint density at radius 3 is 1.49 bits per heavy atom. The van der Waals surface area contributed by atoms with Crippen LogP contribution in [0.15, 0.2) is 237 Å². The third-order valence-electron chi connectivity index (χ3n) is 13.0. The van der Waals surface area contributed by atoms with Gasteiger partial charge in [-0.15, -0.1) is 0 Å². The molecule has 3 heterocycles. The molecule has 294 valence electrons. The van der Waals surface area contributed by atoms with Crippen molar-refractivity contribution in [1.29, 1.82) is 0 Å². The Bertz CT molecular complexity index is 3890. The van der Waals surface area contributed by atoms with Gasteiger partial charge in [0.1, 0.15) is 0 Å². The molecule has 0 aliphatic rings. The van der Waals surface area contributed by atoms with Crippen LogP contribution in [0.1, 0.15) is 0 Å². The van der Waals surface area contributed by atoms with E-state index in [-0.39, 0.29) is 0 Å². The van der Waals surface area contributed by atoms with E-state index in [2.05, 4.69) is 250 Å². The summed E-state index contributed by atoms with van der Waals surface area (Å²) in [6, 6.07) is 86.4. The van der Waals surface area contributed by atoms with Crippen molar-refractivity contribution in [2.24, 2.45) is 0 Å². The van der Waals surface area contributed by atoms with Gasteiger partial charge in [-0.3, -0.25) is 0 Å². The maximum absolute atomic E-state index is 2.50. The van der Waals surface area contributed by atoms with Gasteiger partial charge in [-0.1, -0.05) is 182 Å². The first-order chi connectivity index (χ1) is 31.3. The zero-order valence-corrected chi connectivity index (χ0v) is 34.4. The SMILES string of the molecule is c1ccc(-c2ccc(-c3ccccc3)c(-n3c4ccccc4c4c(-c5ccccc5-n5c6ccccc6c6c5ccc5c7ccccc7n(-c7ccccc7)c56)cccc43)c2)cc1. The van der Waals surface area contributed by atoms with Gasteiger partial charge in [0.05, 0.1) is 44.5 Å². The van der Waals surface area contributed by atoms with Crippen LogP contribution in [-0.4, -0.2) is 13.7 Å². The van der Waals surface area contributed by atoms with Gasteiger partial charge < -0.3 is 13.7 Å². The molecular formula is C60H39N3. The van der Waals surface area contributed by atoms with Crippen molar-refractivity contribution in [3.05, 3.63) is 237 Å². The van der Waals surface area contributed by atoms with Crippen LogP contribution in [0.4, 0.5) is 0 Å². The molecule has 0 spiro atoms. The minimum absolute atomic E-state index is 1.14. The number of hydrogen-bond donors (Lipinski definition) is 0. The van der Waals surface area contributed by atoms with Crippen molar-refractivity contribution in [3.8, 4) is 50.4 Å². The van der Waals surface area contributed by atoms with E-state index in [1.54, 1.807) is 0 Å². The number of para-hydroxylation sites is 5. The quantitative estimate of drug-likeness (QED) is 0.159. The predicted molar refractivity (Wildman–Crippen MR) is 266 cm³/mol. The Kier molecular flexibility index (Phi) is 7.91. The molecule has 0 saturated carbocycles. The highest BCUT2D eigenvalue weighted by atomic mass is 15.0. The van der Waals surface area contributed by atoms with Crippen LogP contribution in [0.25, 0.3) is 116 Å². The number of nitrogens with zero attached hydrogens (tertiary/aromatic N) is 3. The maximum atomic E-state index is 2.50. The largest absolute Gasteiger partial charge is 0.309 e. The van der Waals surface area contributed by atoms with Crippen LogP contribution >= 0.6 is 0 Å². The molecule has 63 heavy (non-hydrogen) atoms. The molecule has 0 bridgehead atoms. The standard InChI is InChI=1S/C60H39N3/c1-4-19-40(20-5-1)42-35-36-44(41-21-6-2-7-22-41)57(39-42)63-53-32-16-12-27-49(53)58-47(29-18-34-55(58)63)45-25-10-15-31-52(45)62-54-33-17-13-28-50(54)59-56(62)38-37-48-46-26-11-14-30-51(46)61(60(48)59)43-23-8-3-9-24-43/h1-39H. The van der Waals surface area contributed by atoms with Gasteiger partial charge in [0.2, 0.25) is 0 Å². The van der Waals surface area contributed by atoms with Crippen molar-refractivity contribution < 1.29 is 0 Å². The second kappa shape index (κ2) is 14.1. The Hall–Kier alpha value is -8.40. The fourth-order valence-electron chi connectivity index (χ4n) is 10.4. The molecule has 3 nitrogen and oxygen atoms in total. The normalized spacial score (nSPS) is 11.8. The molecule has 0 aliphatic heterocycles. The first-order valence-electron chi connectivity index (χ1n) is 21.7. The van der Waals surface area contributed by atoms with E-state index < -0.39 is 0 Å². The third kappa shape index (κ3) is 5.33. The van der Waals surface area contributed by atoms with Gasteiger partial charge in [0.15, 0.2) is 0 Å². The van der Waals surface area contributed by atoms with Crippen molar-refractivity contribution in [3.63, 3.8) is 0 Å². The van der Waals surface area contributed by atoms with Gasteiger partial charge in [0.25, 0.3) is 0 Å². The fraction of sp³-hybridized carbons (Fsp3) is 0. The lowest BCUT2D eigenvalue weighted by Crippen LogP contribution is -1.99. The zero-order chi connectivity index (χ0) is 41.4. The zero-order valence-electron chi connectivity index (χ0n) is 34.4. The molecular weight excluding hydrogens is 763 g/mol. The number of rotatable bonds is 6. The van der Waals surface area contributed by atoms with Crippen LogP contribution < -0.4 is 0 Å². The van der Waals surface area contributed by atoms with E-state index in [9.17, 15) is 0 Å². The van der Waals surface area contributed by atoms with Crippen molar-refractivity contribution in [1.82, 2.24) is 13.7 Å². The Labute approximate surface area is 364 Å². The second-order valence-corrected chi connectivity index (χ2v) is 16.4. The van der Waals surface area contributed by atoms with Crippen LogP contribution in [-0.2, 0) is 0 Å². The fourth-order valence-corrected chi connectivity index (χ4v) is 10.4. The lowest BCUT2D eigenvalue weighted by Gasteiger charge is -2.17. The van der Waals surface area contributed by atoms with Crippen molar-refractivity contribution in [2.45, 2.75) is 0 Å². The summed E-state index contributed by atoms with van der Waals surface area (Å²) in [5.41, 5.74) is 17.7. The summed E-state index contributed by atoms with van der Waals surface area (Å²) >= 11 is 0. The van der Waals surface area contributed by atoms with Crippen LogP contribution in [0.5, 0.6) is 0 Å². The van der Waals surface area contributed by atoms with Crippen LogP contribution in [0, 0.1) is 0 Å². The van der Waals surface area contributed by atoms with Crippen molar-refractivity contribution >= 4 is 65.4 Å². The van der Waals surface area contributed by atoms with Crippen LogP contribution in [0.2, 0.25) is 0 Å². The number of hydrogen-bond acceptors (Lipinski definition) is 0. The Morgan fingerprint density at radius 2 is 0.762 bits per heavy atom. The van der Waals surface area contributed by atoms with Gasteiger partial charge in [-0.25, -0.2) is 0 Å². The summed E-state index contributed by atoms with van der Waals surface area (Å²) in [6.07, 6.45) is 0. The number of fused-ring (bicyclic) bond motifs is 10. The summed E-state index contributed by atoms with van der Waals surface area (Å²) < 4.78 is 7.45. The van der Waals surface area contributed by atoms with Crippen molar-refractivity contribution in [2.75, 3.05) is 0 Å². The molecule has 10 aromatic carbocycles. The average molecular weight is 802 g/mol. The molecule has 0 radical (unpaired) electrons. The minimum Gasteiger partial charge on any atom is -0.309 e. The third-order valence-corrected chi connectivity index (χ3v) is 13.0. The molecule has 0 N–H and O–H groups in total. The lowest BCUT2D eigenvalue weighted by molar-refractivity contribution is 1.17. The first kappa shape index (κ1) is 35.4. The van der Waals surface area contributed by atoms with E-state index in [0.29, 0.717) is 0 Å². The molecule has 0 fully saturated rings. The second-order valence-electron chi connectivity index (χ2n) is 16.4. The predicted octanol–water partition coefficient (Wildman–Crippen LogP) is 16.0. The molecule has 0 amide bonds. The van der Waals surface area contributed by atoms with Gasteiger partial charge in [-0.05, 0) is 76.9 Å². The number of aromatic nitrogens is 3. The van der Waals surface area contributed by atoms with E-state index >= 15 is 0 Å². The summed E-state index contributed by atoms with van der Waals surface area (Å²) in [4.78, 5) is 0. The minimum atomic E-state index is 1.14. The first-order valence-corrected chi connectivity index (χ1v) is 21.7. The highest BCUT2D eigenvalue weighted by Crippen LogP contribution is 2.46. The monoisotopic (exact) mass is 801 g/mol. The summed E-state index contributed by atoms with van der Waals surface area (Å²) in [7, 11) is 0. The number of benzene rings is 10. The Balaban J connectivity index is 1.10. The molecule has 3 heteroatoms. The highest BCUT2D eigenvalue weighted by molar-refractivity contribution is 6.26. The topological polar surface area (TPSA) is 14.8 Å². The molecule has 0 saturated heterocycles. The lowest BCUT2D eigenvalue weighted by atomic mass is 9.97. The van der Waals surface area contributed by atoms with E-state index in [1.165, 1.54) is 98.8 Å². The average Bonchev–Trinajstić information content (AvgIpc) is 4.00. The molecule has 0 atom stereocenters. The maximum Gasteiger partial charge on any atom is 0.0641 e. The molecule has 0 unspecified atom stereocenters. The smallest absolute Gasteiger partial charge is 0.0641 e. The molecule has 0 aliphatic carbocycles. The molecule has 13 aromatic rings. The van der Waals surface area contributed by atoms with E-state index in [0.717, 1.165) is 17.1 Å². The highest BCUT2D eigenvalue weighted by Gasteiger charge is 2.24. The Morgan fingerprint density at radius 1 is 0.238 bits per heavy atom. The summed E-state index contributed by atoms with van der Waals surface area (Å²) in [5, 5.41) is 7.44. The molecule has 3 aromatic heterocycles. The summed E-state index contributed by atoms with van der Waals surface area (Å²) in [6.45, 7) is 0. The van der Waals surface area contributed by atoms with Gasteiger partial charge >= 0.3 is 0 Å². The van der Waals surface area contributed by atoms with Gasteiger partial charge in [0, 0.05) is 49.1 Å². The summed E-state index contributed by atoms with van der Waals surface area (Å²) in [5.74, 6) is 0. The van der Waals surface area contributed by atoms with E-state index in [1.807, 2.05) is 0 Å². The molecule has 13 rings (SSSR count). The van der Waals surface area contributed by atoms with Gasteiger partial charge in [-0.2, -0.15) is 0 Å².